The number of benzene rings is 2. The van der Waals surface area contributed by atoms with Crippen molar-refractivity contribution in [3.63, 3.8) is 0 Å². The Labute approximate surface area is 164 Å². The van der Waals surface area contributed by atoms with Crippen molar-refractivity contribution in [2.24, 2.45) is 0 Å². The molecule has 7 heteroatoms. The molecule has 0 aliphatic carbocycles. The summed E-state index contributed by atoms with van der Waals surface area (Å²) >= 11 is 0. The van der Waals surface area contributed by atoms with Gasteiger partial charge in [-0.2, -0.15) is 4.98 Å². The van der Waals surface area contributed by atoms with Gasteiger partial charge in [0.25, 0.3) is 0 Å². The van der Waals surface area contributed by atoms with Crippen molar-refractivity contribution in [1.29, 1.82) is 0 Å². The van der Waals surface area contributed by atoms with E-state index in [1.807, 2.05) is 68.7 Å². The molecule has 144 valence electrons. The first kappa shape index (κ1) is 18.1. The molecule has 0 atom stereocenters. The van der Waals surface area contributed by atoms with Gasteiger partial charge in [-0.05, 0) is 26.2 Å². The second-order valence-electron chi connectivity index (χ2n) is 6.75. The molecule has 0 radical (unpaired) electrons. The van der Waals surface area contributed by atoms with Gasteiger partial charge in [0, 0.05) is 36.5 Å². The van der Waals surface area contributed by atoms with Crippen molar-refractivity contribution >= 4 is 17.5 Å². The summed E-state index contributed by atoms with van der Waals surface area (Å²) in [5.41, 5.74) is 2.73. The van der Waals surface area contributed by atoms with Gasteiger partial charge in [0.1, 0.15) is 5.82 Å². The Morgan fingerprint density at radius 1 is 0.964 bits per heavy atom. The highest BCUT2D eigenvalue weighted by atomic mass is 16.7. The highest BCUT2D eigenvalue weighted by Crippen LogP contribution is 2.35. The molecule has 0 spiro atoms. The molecule has 28 heavy (non-hydrogen) atoms. The number of ether oxygens (including phenoxy) is 2. The van der Waals surface area contributed by atoms with Crippen LogP contribution in [0.1, 0.15) is 0 Å². The Balaban J connectivity index is 1.61. The maximum Gasteiger partial charge on any atom is 0.231 e. The Kier molecular flexibility index (Phi) is 5.25. The first-order valence-electron chi connectivity index (χ1n) is 9.17. The van der Waals surface area contributed by atoms with E-state index in [0.717, 1.165) is 41.6 Å². The van der Waals surface area contributed by atoms with Crippen molar-refractivity contribution < 1.29 is 9.47 Å². The van der Waals surface area contributed by atoms with Gasteiger partial charge in [0.2, 0.25) is 12.7 Å². The number of hydrogen-bond acceptors (Lipinski definition) is 7. The molecule has 0 bridgehead atoms. The predicted molar refractivity (Wildman–Crippen MR) is 110 cm³/mol. The van der Waals surface area contributed by atoms with Crippen LogP contribution < -0.4 is 20.1 Å². The largest absolute Gasteiger partial charge is 0.454 e. The fraction of sp³-hybridized carbons (Fsp3) is 0.238. The molecule has 4 rings (SSSR count). The summed E-state index contributed by atoms with van der Waals surface area (Å²) in [5.74, 6) is 2.76. The van der Waals surface area contributed by atoms with Crippen molar-refractivity contribution in [1.82, 2.24) is 14.9 Å². The van der Waals surface area contributed by atoms with E-state index in [9.17, 15) is 0 Å². The van der Waals surface area contributed by atoms with E-state index < -0.39 is 0 Å². The summed E-state index contributed by atoms with van der Waals surface area (Å²) in [7, 11) is 4.09. The molecule has 1 aromatic heterocycles. The third-order valence-corrected chi connectivity index (χ3v) is 4.29. The Morgan fingerprint density at radius 3 is 2.61 bits per heavy atom. The molecular weight excluding hydrogens is 354 g/mol. The standard InChI is InChI=1S/C21H23N5O2/c1-26(2)11-10-22-20-13-17(15-6-4-3-5-7-15)24-21(25-20)23-16-8-9-18-19(12-16)28-14-27-18/h3-9,12-13H,10-11,14H2,1-2H3,(H2,22,23,24,25). The van der Waals surface area contributed by atoms with E-state index >= 15 is 0 Å². The van der Waals surface area contributed by atoms with Gasteiger partial charge in [0.15, 0.2) is 11.5 Å². The van der Waals surface area contributed by atoms with Gasteiger partial charge in [-0.1, -0.05) is 30.3 Å². The molecule has 0 amide bonds. The van der Waals surface area contributed by atoms with Gasteiger partial charge in [-0.15, -0.1) is 0 Å². The van der Waals surface area contributed by atoms with Crippen LogP contribution in [0.15, 0.2) is 54.6 Å². The molecule has 0 unspecified atom stereocenters. The van der Waals surface area contributed by atoms with Crippen LogP contribution in [0.3, 0.4) is 0 Å². The third-order valence-electron chi connectivity index (χ3n) is 4.29. The zero-order valence-corrected chi connectivity index (χ0v) is 16.0. The fourth-order valence-electron chi connectivity index (χ4n) is 2.86. The third kappa shape index (κ3) is 4.32. The number of fused-ring (bicyclic) bond motifs is 1. The van der Waals surface area contributed by atoms with Crippen LogP contribution in [0.2, 0.25) is 0 Å². The summed E-state index contributed by atoms with van der Waals surface area (Å²) < 4.78 is 10.8. The van der Waals surface area contributed by atoms with E-state index in [1.54, 1.807) is 0 Å². The lowest BCUT2D eigenvalue weighted by molar-refractivity contribution is 0.174. The molecule has 3 aromatic rings. The SMILES string of the molecule is CN(C)CCNc1cc(-c2ccccc2)nc(Nc2ccc3c(c2)OCO3)n1. The molecule has 1 aliphatic rings. The molecule has 0 saturated heterocycles. The zero-order chi connectivity index (χ0) is 19.3. The van der Waals surface area contributed by atoms with E-state index in [0.29, 0.717) is 11.7 Å². The molecule has 2 heterocycles. The predicted octanol–water partition coefficient (Wildman–Crippen LogP) is 3.59. The quantitative estimate of drug-likeness (QED) is 0.652. The maximum absolute atomic E-state index is 5.45. The number of rotatable bonds is 7. The van der Waals surface area contributed by atoms with Crippen LogP contribution >= 0.6 is 0 Å². The van der Waals surface area contributed by atoms with Gasteiger partial charge >= 0.3 is 0 Å². The summed E-state index contributed by atoms with van der Waals surface area (Å²) in [5, 5.41) is 6.65. The van der Waals surface area contributed by atoms with Crippen LogP contribution in [0.4, 0.5) is 17.5 Å². The van der Waals surface area contributed by atoms with E-state index in [2.05, 4.69) is 20.5 Å². The van der Waals surface area contributed by atoms with E-state index in [1.165, 1.54) is 0 Å². The summed E-state index contributed by atoms with van der Waals surface area (Å²) in [6.45, 7) is 1.95. The number of anilines is 3. The maximum atomic E-state index is 5.45. The van der Waals surface area contributed by atoms with Crippen LogP contribution in [-0.4, -0.2) is 48.8 Å². The Bertz CT molecular complexity index is 947. The minimum Gasteiger partial charge on any atom is -0.454 e. The lowest BCUT2D eigenvalue weighted by Gasteiger charge is -2.13. The zero-order valence-electron chi connectivity index (χ0n) is 16.0. The number of aromatic nitrogens is 2. The first-order valence-corrected chi connectivity index (χ1v) is 9.17. The Morgan fingerprint density at radius 2 is 1.79 bits per heavy atom. The van der Waals surface area contributed by atoms with Crippen LogP contribution in [0.5, 0.6) is 11.5 Å². The van der Waals surface area contributed by atoms with Crippen molar-refractivity contribution in [3.05, 3.63) is 54.6 Å². The van der Waals surface area contributed by atoms with Gasteiger partial charge in [-0.3, -0.25) is 0 Å². The number of nitrogens with one attached hydrogen (secondary N) is 2. The number of hydrogen-bond donors (Lipinski definition) is 2. The monoisotopic (exact) mass is 377 g/mol. The molecule has 2 aromatic carbocycles. The first-order chi connectivity index (χ1) is 13.7. The molecule has 7 nitrogen and oxygen atoms in total. The molecule has 1 aliphatic heterocycles. The number of nitrogens with zero attached hydrogens (tertiary/aromatic N) is 3. The van der Waals surface area contributed by atoms with Crippen molar-refractivity contribution in [2.45, 2.75) is 0 Å². The molecule has 0 fully saturated rings. The smallest absolute Gasteiger partial charge is 0.231 e. The second-order valence-corrected chi connectivity index (χ2v) is 6.75. The number of likely N-dealkylation sites (N-methyl/N-ethyl adjacent to an activating group) is 1. The topological polar surface area (TPSA) is 71.5 Å². The van der Waals surface area contributed by atoms with Crippen LogP contribution in [-0.2, 0) is 0 Å². The molecule has 2 N–H and O–H groups in total. The lowest BCUT2D eigenvalue weighted by atomic mass is 10.1. The summed E-state index contributed by atoms with van der Waals surface area (Å²) in [4.78, 5) is 11.4. The van der Waals surface area contributed by atoms with Gasteiger partial charge in [-0.25, -0.2) is 4.98 Å². The minimum atomic E-state index is 0.249. The second kappa shape index (κ2) is 8.14. The van der Waals surface area contributed by atoms with Crippen LogP contribution in [0, 0.1) is 0 Å². The van der Waals surface area contributed by atoms with Gasteiger partial charge < -0.3 is 25.0 Å². The minimum absolute atomic E-state index is 0.249. The van der Waals surface area contributed by atoms with Crippen molar-refractivity contribution in [2.75, 3.05) is 44.6 Å². The van der Waals surface area contributed by atoms with Crippen LogP contribution in [0.25, 0.3) is 11.3 Å². The summed E-state index contributed by atoms with van der Waals surface area (Å²) in [6.07, 6.45) is 0. The molecule has 0 saturated carbocycles. The summed E-state index contributed by atoms with van der Waals surface area (Å²) in [6, 6.07) is 17.7. The highest BCUT2D eigenvalue weighted by molar-refractivity contribution is 5.67. The van der Waals surface area contributed by atoms with E-state index in [4.69, 9.17) is 14.5 Å². The fourth-order valence-corrected chi connectivity index (χ4v) is 2.86. The molecular formula is C21H23N5O2. The van der Waals surface area contributed by atoms with Crippen molar-refractivity contribution in [3.8, 4) is 22.8 Å². The average Bonchev–Trinajstić information content (AvgIpc) is 3.16. The van der Waals surface area contributed by atoms with Gasteiger partial charge in [0.05, 0.1) is 5.69 Å². The van der Waals surface area contributed by atoms with E-state index in [-0.39, 0.29) is 6.79 Å². The lowest BCUT2D eigenvalue weighted by Crippen LogP contribution is -2.21. The normalized spacial score (nSPS) is 12.2. The Hall–Kier alpha value is -3.32. The average molecular weight is 377 g/mol. The highest BCUT2D eigenvalue weighted by Gasteiger charge is 2.14.